The van der Waals surface area contributed by atoms with Crippen molar-refractivity contribution in [2.75, 3.05) is 25.4 Å². The van der Waals surface area contributed by atoms with Gasteiger partial charge < -0.3 is 14.9 Å². The number of hydrogen-bond donors (Lipinski definition) is 2. The first-order valence-electron chi connectivity index (χ1n) is 12.0. The van der Waals surface area contributed by atoms with Gasteiger partial charge in [0.15, 0.2) is 0 Å². The van der Waals surface area contributed by atoms with E-state index in [1.54, 1.807) is 0 Å². The maximum Gasteiger partial charge on any atom is 0.248 e. The molecule has 1 saturated heterocycles. The molecular weight excluding hydrogens is 368 g/mol. The van der Waals surface area contributed by atoms with Gasteiger partial charge in [-0.15, -0.1) is 0 Å². The molecule has 1 amide bonds. The van der Waals surface area contributed by atoms with Crippen LogP contribution >= 0.6 is 12.6 Å². The van der Waals surface area contributed by atoms with Crippen LogP contribution in [0.4, 0.5) is 0 Å². The van der Waals surface area contributed by atoms with E-state index in [2.05, 4.69) is 22.4 Å². The van der Waals surface area contributed by atoms with Crippen LogP contribution in [0, 0.1) is 5.92 Å². The molecule has 0 aromatic carbocycles. The van der Waals surface area contributed by atoms with Crippen molar-refractivity contribution >= 4 is 18.5 Å². The minimum absolute atomic E-state index is 0.0342. The Balaban J connectivity index is 0.000000391. The molecule has 3 saturated carbocycles. The number of piperidine rings is 1. The molecule has 0 radical (unpaired) electrons. The van der Waals surface area contributed by atoms with Gasteiger partial charge in [-0.25, -0.2) is 0 Å². The number of aliphatic hydroxyl groups is 1. The van der Waals surface area contributed by atoms with Crippen LogP contribution in [0.25, 0.3) is 0 Å². The van der Waals surface area contributed by atoms with Gasteiger partial charge in [0, 0.05) is 31.2 Å². The van der Waals surface area contributed by atoms with Gasteiger partial charge >= 0.3 is 0 Å². The van der Waals surface area contributed by atoms with Gasteiger partial charge in [-0.2, -0.15) is 12.6 Å². The number of amides is 1. The van der Waals surface area contributed by atoms with Crippen LogP contribution in [-0.4, -0.2) is 64.4 Å². The van der Waals surface area contributed by atoms with Crippen LogP contribution in [0.3, 0.4) is 0 Å². The van der Waals surface area contributed by atoms with Crippen LogP contribution < -0.4 is 0 Å². The van der Waals surface area contributed by atoms with E-state index >= 15 is 0 Å². The summed E-state index contributed by atoms with van der Waals surface area (Å²) in [4.78, 5) is 17.1. The molecule has 4 nitrogen and oxygen atoms in total. The highest BCUT2D eigenvalue weighted by molar-refractivity contribution is 7.80. The molecule has 0 aromatic rings. The molecule has 1 aliphatic heterocycles. The number of carbonyl (C=O) groups is 1. The van der Waals surface area contributed by atoms with Gasteiger partial charge in [0.2, 0.25) is 5.91 Å². The first kappa shape index (κ1) is 22.4. The van der Waals surface area contributed by atoms with E-state index in [9.17, 15) is 9.90 Å². The van der Waals surface area contributed by atoms with E-state index in [0.29, 0.717) is 12.1 Å². The summed E-state index contributed by atoms with van der Waals surface area (Å²) in [5, 5.41) is 9.42. The monoisotopic (exact) mass is 410 g/mol. The smallest absolute Gasteiger partial charge is 0.248 e. The maximum absolute atomic E-state index is 12.4. The van der Waals surface area contributed by atoms with Gasteiger partial charge in [0.25, 0.3) is 0 Å². The Labute approximate surface area is 177 Å². The average molecular weight is 411 g/mol. The highest BCUT2D eigenvalue weighted by Gasteiger charge is 2.34. The second kappa shape index (κ2) is 11.8. The molecule has 1 heterocycles. The first-order valence-corrected chi connectivity index (χ1v) is 12.6. The summed E-state index contributed by atoms with van der Waals surface area (Å²) in [6.45, 7) is 1.95. The second-order valence-corrected chi connectivity index (χ2v) is 9.80. The van der Waals surface area contributed by atoms with Gasteiger partial charge in [0.1, 0.15) is 6.61 Å². The van der Waals surface area contributed by atoms with Gasteiger partial charge in [-0.1, -0.05) is 38.5 Å². The topological polar surface area (TPSA) is 43.8 Å². The van der Waals surface area contributed by atoms with E-state index in [4.69, 9.17) is 0 Å². The molecule has 4 rings (SSSR count). The molecule has 0 spiro atoms. The molecule has 4 aliphatic rings. The Bertz CT molecular complexity index is 452. The number of thiol groups is 1. The lowest BCUT2D eigenvalue weighted by Crippen LogP contribution is -2.54. The number of rotatable bonds is 5. The molecule has 3 aliphatic carbocycles. The largest absolute Gasteiger partial charge is 0.387 e. The summed E-state index contributed by atoms with van der Waals surface area (Å²) in [7, 11) is 0. The zero-order valence-electron chi connectivity index (χ0n) is 17.7. The molecule has 0 aromatic heterocycles. The fraction of sp³-hybridized carbons (Fsp3) is 0.957. The van der Waals surface area contributed by atoms with Crippen molar-refractivity contribution < 1.29 is 9.90 Å². The van der Waals surface area contributed by atoms with Crippen molar-refractivity contribution in [2.45, 2.75) is 108 Å². The van der Waals surface area contributed by atoms with E-state index in [0.717, 1.165) is 56.5 Å². The lowest BCUT2D eigenvalue weighted by molar-refractivity contribution is -0.141. The van der Waals surface area contributed by atoms with Crippen molar-refractivity contribution in [2.24, 2.45) is 5.92 Å². The lowest BCUT2D eigenvalue weighted by atomic mass is 9.89. The zero-order chi connectivity index (χ0) is 19.8. The Morgan fingerprint density at radius 1 is 0.821 bits per heavy atom. The van der Waals surface area contributed by atoms with Gasteiger partial charge in [-0.3, -0.25) is 4.79 Å². The number of nitrogens with zero attached hydrogens (tertiary/aromatic N) is 2. The van der Waals surface area contributed by atoms with E-state index in [1.165, 1.54) is 64.2 Å². The number of carbonyl (C=O) groups excluding carboxylic acids is 1. The Kier molecular flexibility index (Phi) is 9.45. The van der Waals surface area contributed by atoms with Crippen LogP contribution in [-0.2, 0) is 4.79 Å². The number of aliphatic hydroxyl groups excluding tert-OH is 1. The molecular formula is C23H42N2O2S. The average Bonchev–Trinajstić information content (AvgIpc) is 3.61. The van der Waals surface area contributed by atoms with E-state index in [1.807, 2.05) is 0 Å². The minimum atomic E-state index is -0.320. The van der Waals surface area contributed by atoms with Crippen LogP contribution in [0.1, 0.15) is 89.9 Å². The zero-order valence-corrected chi connectivity index (χ0v) is 18.6. The van der Waals surface area contributed by atoms with Crippen LogP contribution in [0.15, 0.2) is 0 Å². The highest BCUT2D eigenvalue weighted by atomic mass is 32.1. The Morgan fingerprint density at radius 2 is 1.36 bits per heavy atom. The summed E-state index contributed by atoms with van der Waals surface area (Å²) in [6.07, 6.45) is 18.0. The van der Waals surface area contributed by atoms with Crippen molar-refractivity contribution in [3.8, 4) is 0 Å². The summed E-state index contributed by atoms with van der Waals surface area (Å²) >= 11 is 4.08. The molecule has 5 heteroatoms. The Hall–Kier alpha value is -0.260. The van der Waals surface area contributed by atoms with Crippen molar-refractivity contribution in [1.82, 2.24) is 9.80 Å². The normalized spacial score (nSPS) is 25.8. The van der Waals surface area contributed by atoms with Crippen molar-refractivity contribution in [3.05, 3.63) is 0 Å². The number of hydrogen-bond acceptors (Lipinski definition) is 4. The second-order valence-electron chi connectivity index (χ2n) is 9.44. The molecule has 4 fully saturated rings. The third-order valence-electron chi connectivity index (χ3n) is 7.33. The molecule has 0 bridgehead atoms. The SMILES string of the molecule is O=C(CO)N(C1CCCCC1)C1CCN(C2CCCCC2)CC1.SCC1CC1. The summed E-state index contributed by atoms with van der Waals surface area (Å²) < 4.78 is 0. The lowest BCUT2D eigenvalue weighted by Gasteiger charge is -2.45. The third kappa shape index (κ3) is 6.63. The van der Waals surface area contributed by atoms with Gasteiger partial charge in [0.05, 0.1) is 0 Å². The minimum Gasteiger partial charge on any atom is -0.387 e. The van der Waals surface area contributed by atoms with E-state index in [-0.39, 0.29) is 12.5 Å². The predicted molar refractivity (Wildman–Crippen MR) is 119 cm³/mol. The predicted octanol–water partition coefficient (Wildman–Crippen LogP) is 4.26. The van der Waals surface area contributed by atoms with E-state index < -0.39 is 0 Å². The summed E-state index contributed by atoms with van der Waals surface area (Å²) in [5.41, 5.74) is 0. The maximum atomic E-state index is 12.4. The number of likely N-dealkylation sites (tertiary alicyclic amines) is 1. The molecule has 162 valence electrons. The highest BCUT2D eigenvalue weighted by Crippen LogP contribution is 2.31. The van der Waals surface area contributed by atoms with Crippen molar-refractivity contribution in [3.63, 3.8) is 0 Å². The van der Waals surface area contributed by atoms with Crippen molar-refractivity contribution in [1.29, 1.82) is 0 Å². The Morgan fingerprint density at radius 3 is 1.82 bits per heavy atom. The summed E-state index contributed by atoms with van der Waals surface area (Å²) in [5.74, 6) is 2.08. The summed E-state index contributed by atoms with van der Waals surface area (Å²) in [6, 6.07) is 1.54. The quantitative estimate of drug-likeness (QED) is 0.666. The fourth-order valence-corrected chi connectivity index (χ4v) is 5.79. The standard InChI is InChI=1S/C19H34N2O2.C4H8S/c22-15-19(23)21(17-9-5-2-6-10-17)18-11-13-20(14-12-18)16-7-3-1-4-8-16;5-3-4-1-2-4/h16-18,22H,1-15H2;4-5H,1-3H2. The van der Waals surface area contributed by atoms with Crippen LogP contribution in [0.2, 0.25) is 0 Å². The molecule has 0 unspecified atom stereocenters. The first-order chi connectivity index (χ1) is 13.7. The molecule has 28 heavy (non-hydrogen) atoms. The fourth-order valence-electron chi connectivity index (χ4n) is 5.42. The molecule has 1 N–H and O–H groups in total. The molecule has 0 atom stereocenters. The van der Waals surface area contributed by atoms with Gasteiger partial charge in [-0.05, 0) is 63.0 Å². The third-order valence-corrected chi connectivity index (χ3v) is 7.85. The van der Waals surface area contributed by atoms with Crippen LogP contribution in [0.5, 0.6) is 0 Å².